The molecule has 0 heterocycles. The van der Waals surface area contributed by atoms with Gasteiger partial charge >= 0.3 is 5.97 Å². The van der Waals surface area contributed by atoms with Crippen LogP contribution in [0, 0.1) is 6.92 Å². The Balaban J connectivity index is 1.82. The van der Waals surface area contributed by atoms with Gasteiger partial charge in [0.05, 0.1) is 18.3 Å². The molecule has 2 aromatic rings. The van der Waals surface area contributed by atoms with Gasteiger partial charge in [0.15, 0.2) is 5.11 Å². The fourth-order valence-corrected chi connectivity index (χ4v) is 3.02. The van der Waals surface area contributed by atoms with Gasteiger partial charge < -0.3 is 20.1 Å². The van der Waals surface area contributed by atoms with Crippen LogP contribution >= 0.6 is 12.2 Å². The fourth-order valence-electron chi connectivity index (χ4n) is 2.81. The minimum atomic E-state index is -0.335. The van der Waals surface area contributed by atoms with Crippen LogP contribution in [0.2, 0.25) is 0 Å². The topological polar surface area (TPSA) is 59.6 Å². The maximum atomic E-state index is 11.9. The van der Waals surface area contributed by atoms with Gasteiger partial charge in [0.25, 0.3) is 0 Å². The summed E-state index contributed by atoms with van der Waals surface area (Å²) in [5, 5.41) is 6.93. The van der Waals surface area contributed by atoms with Crippen LogP contribution in [0.25, 0.3) is 0 Å². The quantitative estimate of drug-likeness (QED) is 0.347. The van der Waals surface area contributed by atoms with E-state index in [4.69, 9.17) is 21.7 Å². The number of hydrogen-bond donors (Lipinski definition) is 2. The molecule has 5 nitrogen and oxygen atoms in total. The predicted molar refractivity (Wildman–Crippen MR) is 122 cm³/mol. The van der Waals surface area contributed by atoms with Gasteiger partial charge in [-0.3, -0.25) is 0 Å². The first-order valence-electron chi connectivity index (χ1n) is 9.97. The van der Waals surface area contributed by atoms with Crippen molar-refractivity contribution in [3.05, 3.63) is 59.2 Å². The Kier molecular flexibility index (Phi) is 8.93. The highest BCUT2D eigenvalue weighted by Gasteiger charge is 2.09. The Hall–Kier alpha value is -2.60. The number of benzene rings is 2. The van der Waals surface area contributed by atoms with E-state index in [1.54, 1.807) is 19.1 Å². The molecule has 0 aliphatic rings. The molecule has 0 amide bonds. The molecule has 0 aliphatic heterocycles. The molecular weight excluding hydrogens is 384 g/mol. The van der Waals surface area contributed by atoms with Crippen molar-refractivity contribution in [3.8, 4) is 5.75 Å². The summed E-state index contributed by atoms with van der Waals surface area (Å²) in [5.74, 6) is 0.567. The van der Waals surface area contributed by atoms with Gasteiger partial charge in [0.2, 0.25) is 0 Å². The third kappa shape index (κ3) is 7.74. The second kappa shape index (κ2) is 11.4. The highest BCUT2D eigenvalue weighted by atomic mass is 32.1. The van der Waals surface area contributed by atoms with Crippen LogP contribution in [0.4, 0.5) is 5.69 Å². The zero-order valence-electron chi connectivity index (χ0n) is 17.6. The Morgan fingerprint density at radius 1 is 1.17 bits per heavy atom. The summed E-state index contributed by atoms with van der Waals surface area (Å²) in [7, 11) is 0. The van der Waals surface area contributed by atoms with E-state index in [1.807, 2.05) is 39.0 Å². The van der Waals surface area contributed by atoms with Crippen molar-refractivity contribution < 1.29 is 14.3 Å². The second-order valence-corrected chi connectivity index (χ2v) is 7.46. The molecule has 0 unspecified atom stereocenters. The number of nitrogens with one attached hydrogen (secondary N) is 2. The number of rotatable bonds is 9. The zero-order chi connectivity index (χ0) is 21.2. The van der Waals surface area contributed by atoms with Crippen molar-refractivity contribution in [2.45, 2.75) is 46.6 Å². The number of hydrogen-bond acceptors (Lipinski definition) is 4. The van der Waals surface area contributed by atoms with Crippen molar-refractivity contribution in [2.24, 2.45) is 0 Å². The Bertz CT molecular complexity index is 837. The average Bonchev–Trinajstić information content (AvgIpc) is 2.67. The molecule has 0 saturated carbocycles. The molecule has 0 aromatic heterocycles. The lowest BCUT2D eigenvalue weighted by molar-refractivity contribution is 0.0526. The number of ether oxygens (including phenoxy) is 2. The van der Waals surface area contributed by atoms with Gasteiger partial charge in [-0.2, -0.15) is 0 Å². The molecule has 2 rings (SSSR count). The third-order valence-electron chi connectivity index (χ3n) is 4.19. The van der Waals surface area contributed by atoms with Crippen LogP contribution in [0.5, 0.6) is 5.75 Å². The number of carbonyl (C=O) groups is 1. The van der Waals surface area contributed by atoms with Crippen LogP contribution in [0.1, 0.15) is 48.7 Å². The van der Waals surface area contributed by atoms with Crippen LogP contribution < -0.4 is 15.4 Å². The molecule has 29 heavy (non-hydrogen) atoms. The van der Waals surface area contributed by atoms with E-state index in [2.05, 4.69) is 22.8 Å². The lowest BCUT2D eigenvalue weighted by atomic mass is 10.1. The predicted octanol–water partition coefficient (Wildman–Crippen LogP) is 4.88. The Morgan fingerprint density at radius 3 is 2.69 bits per heavy atom. The maximum Gasteiger partial charge on any atom is 0.338 e. The van der Waals surface area contributed by atoms with Crippen LogP contribution in [-0.2, 0) is 11.2 Å². The molecule has 2 N–H and O–H groups in total. The van der Waals surface area contributed by atoms with Gasteiger partial charge in [0.1, 0.15) is 5.75 Å². The summed E-state index contributed by atoms with van der Waals surface area (Å²) in [6.45, 7) is 8.90. The first-order chi connectivity index (χ1) is 13.9. The summed E-state index contributed by atoms with van der Waals surface area (Å²) in [6, 6.07) is 13.6. The Morgan fingerprint density at radius 2 is 1.97 bits per heavy atom. The van der Waals surface area contributed by atoms with E-state index in [9.17, 15) is 4.79 Å². The number of carbonyl (C=O) groups excluding carboxylic acids is 1. The lowest BCUT2D eigenvalue weighted by Gasteiger charge is -2.14. The van der Waals surface area contributed by atoms with Crippen molar-refractivity contribution >= 4 is 29.0 Å². The van der Waals surface area contributed by atoms with Gasteiger partial charge in [-0.05, 0) is 88.1 Å². The van der Waals surface area contributed by atoms with Crippen LogP contribution in [0.3, 0.4) is 0 Å². The SMILES string of the molecule is CCOC(=O)c1ccc(C)c(NC(=S)NCCCc2cccc(OC(C)C)c2)c1. The first-order valence-corrected chi connectivity index (χ1v) is 10.4. The monoisotopic (exact) mass is 414 g/mol. The highest BCUT2D eigenvalue weighted by molar-refractivity contribution is 7.80. The van der Waals surface area contributed by atoms with Crippen LogP contribution in [-0.4, -0.2) is 30.3 Å². The zero-order valence-corrected chi connectivity index (χ0v) is 18.4. The maximum absolute atomic E-state index is 11.9. The van der Waals surface area contributed by atoms with Gasteiger partial charge in [-0.25, -0.2) is 4.79 Å². The molecular formula is C23H30N2O3S. The summed E-state index contributed by atoms with van der Waals surface area (Å²) in [6.07, 6.45) is 2.04. The second-order valence-electron chi connectivity index (χ2n) is 7.05. The molecule has 0 saturated heterocycles. The number of anilines is 1. The minimum absolute atomic E-state index is 0.168. The summed E-state index contributed by atoms with van der Waals surface area (Å²) >= 11 is 5.40. The molecule has 0 spiro atoms. The van der Waals surface area contributed by atoms with Gasteiger partial charge in [-0.1, -0.05) is 18.2 Å². The molecule has 0 atom stereocenters. The van der Waals surface area contributed by atoms with Gasteiger partial charge in [-0.15, -0.1) is 0 Å². The smallest absolute Gasteiger partial charge is 0.338 e. The normalized spacial score (nSPS) is 10.5. The molecule has 0 bridgehead atoms. The summed E-state index contributed by atoms with van der Waals surface area (Å²) in [4.78, 5) is 11.9. The molecule has 0 aliphatic carbocycles. The average molecular weight is 415 g/mol. The largest absolute Gasteiger partial charge is 0.491 e. The van der Waals surface area contributed by atoms with E-state index in [1.165, 1.54) is 5.56 Å². The van der Waals surface area contributed by atoms with Crippen molar-refractivity contribution in [3.63, 3.8) is 0 Å². The molecule has 2 aromatic carbocycles. The summed E-state index contributed by atoms with van der Waals surface area (Å²) < 4.78 is 10.8. The molecule has 0 radical (unpaired) electrons. The molecule has 156 valence electrons. The number of thiocarbonyl (C=S) groups is 1. The van der Waals surface area contributed by atoms with E-state index in [0.717, 1.165) is 36.4 Å². The molecule has 0 fully saturated rings. The number of esters is 1. The van der Waals surface area contributed by atoms with E-state index in [0.29, 0.717) is 17.3 Å². The number of aryl methyl sites for hydroxylation is 2. The minimum Gasteiger partial charge on any atom is -0.491 e. The molecule has 6 heteroatoms. The highest BCUT2D eigenvalue weighted by Crippen LogP contribution is 2.18. The van der Waals surface area contributed by atoms with Gasteiger partial charge in [0, 0.05) is 12.2 Å². The van der Waals surface area contributed by atoms with E-state index < -0.39 is 0 Å². The van der Waals surface area contributed by atoms with Crippen LogP contribution in [0.15, 0.2) is 42.5 Å². The van der Waals surface area contributed by atoms with Crippen molar-refractivity contribution in [1.29, 1.82) is 0 Å². The van der Waals surface area contributed by atoms with E-state index >= 15 is 0 Å². The third-order valence-corrected chi connectivity index (χ3v) is 4.44. The summed E-state index contributed by atoms with van der Waals surface area (Å²) in [5.41, 5.74) is 3.55. The lowest BCUT2D eigenvalue weighted by Crippen LogP contribution is -2.29. The van der Waals surface area contributed by atoms with Crippen molar-refractivity contribution in [2.75, 3.05) is 18.5 Å². The fraction of sp³-hybridized carbons (Fsp3) is 0.391. The standard InChI is InChI=1S/C23H30N2O3S/c1-5-27-22(26)19-12-11-17(4)21(15-19)25-23(29)24-13-7-9-18-8-6-10-20(14-18)28-16(2)3/h6,8,10-12,14-16H,5,7,9,13H2,1-4H3,(H2,24,25,29). The Labute approximate surface area is 178 Å². The first kappa shape index (κ1) is 22.7. The van der Waals surface area contributed by atoms with Crippen molar-refractivity contribution in [1.82, 2.24) is 5.32 Å². The van der Waals surface area contributed by atoms with E-state index in [-0.39, 0.29) is 12.1 Å².